The number of nitrogens with zero attached hydrogens (tertiary/aromatic N) is 1. The zero-order chi connectivity index (χ0) is 20.6. The van der Waals surface area contributed by atoms with Crippen molar-refractivity contribution in [2.24, 2.45) is 0 Å². The number of nitrogens with one attached hydrogen (secondary N) is 1. The summed E-state index contributed by atoms with van der Waals surface area (Å²) >= 11 is 0. The predicted molar refractivity (Wildman–Crippen MR) is 109 cm³/mol. The molecule has 1 N–H and O–H groups in total. The van der Waals surface area contributed by atoms with Crippen LogP contribution < -0.4 is 5.32 Å². The quantitative estimate of drug-likeness (QED) is 0.730. The van der Waals surface area contributed by atoms with Crippen LogP contribution in [0.4, 0.5) is 0 Å². The van der Waals surface area contributed by atoms with Crippen molar-refractivity contribution >= 4 is 17.8 Å². The van der Waals surface area contributed by atoms with E-state index in [9.17, 15) is 14.4 Å². The van der Waals surface area contributed by atoms with E-state index in [0.717, 1.165) is 16.7 Å². The highest BCUT2D eigenvalue weighted by Crippen LogP contribution is 2.15. The Bertz CT molecular complexity index is 866. The molecule has 0 bridgehead atoms. The van der Waals surface area contributed by atoms with Gasteiger partial charge in [0.15, 0.2) is 0 Å². The lowest BCUT2D eigenvalue weighted by Gasteiger charge is -2.34. The average molecular weight is 394 g/mol. The van der Waals surface area contributed by atoms with Crippen molar-refractivity contribution in [3.8, 4) is 0 Å². The van der Waals surface area contributed by atoms with Gasteiger partial charge in [0, 0.05) is 19.5 Å². The lowest BCUT2D eigenvalue weighted by atomic mass is 10.0. The number of benzene rings is 2. The van der Waals surface area contributed by atoms with Crippen molar-refractivity contribution in [1.82, 2.24) is 10.2 Å². The molecule has 6 nitrogen and oxygen atoms in total. The summed E-state index contributed by atoms with van der Waals surface area (Å²) in [5.74, 6) is -0.942. The molecule has 0 saturated carbocycles. The Morgan fingerprint density at radius 1 is 1.10 bits per heavy atom. The van der Waals surface area contributed by atoms with Crippen molar-refractivity contribution in [3.63, 3.8) is 0 Å². The second-order valence-corrected chi connectivity index (χ2v) is 7.16. The van der Waals surface area contributed by atoms with Crippen molar-refractivity contribution in [2.45, 2.75) is 32.2 Å². The number of aryl methyl sites for hydroxylation is 1. The van der Waals surface area contributed by atoms with E-state index < -0.39 is 12.0 Å². The molecule has 1 fully saturated rings. The first-order valence-corrected chi connectivity index (χ1v) is 9.86. The standard InChI is InChI=1S/C23H26N2O4/c1-17-7-5-6-10-19(17)15-21(26)25-13-12-24-23(28)20(25)16-22(27)29-14-11-18-8-3-2-4-9-18/h2-10,20H,11-16H2,1H3,(H,24,28). The molecule has 0 radical (unpaired) electrons. The van der Waals surface area contributed by atoms with Crippen LogP contribution in [0.3, 0.4) is 0 Å². The van der Waals surface area contributed by atoms with Crippen LogP contribution in [0.5, 0.6) is 0 Å². The van der Waals surface area contributed by atoms with Crippen LogP contribution in [-0.4, -0.2) is 48.4 Å². The minimum atomic E-state index is -0.829. The minimum Gasteiger partial charge on any atom is -0.465 e. The van der Waals surface area contributed by atoms with Gasteiger partial charge in [-0.3, -0.25) is 14.4 Å². The van der Waals surface area contributed by atoms with E-state index in [1.165, 1.54) is 4.90 Å². The molecule has 0 spiro atoms. The Balaban J connectivity index is 1.57. The van der Waals surface area contributed by atoms with Crippen molar-refractivity contribution in [2.75, 3.05) is 19.7 Å². The molecule has 0 aliphatic carbocycles. The smallest absolute Gasteiger partial charge is 0.308 e. The molecular formula is C23H26N2O4. The van der Waals surface area contributed by atoms with E-state index in [1.807, 2.05) is 61.5 Å². The van der Waals surface area contributed by atoms with Gasteiger partial charge in [-0.25, -0.2) is 0 Å². The van der Waals surface area contributed by atoms with Gasteiger partial charge in [-0.2, -0.15) is 0 Å². The van der Waals surface area contributed by atoms with E-state index in [4.69, 9.17) is 4.74 Å². The maximum Gasteiger partial charge on any atom is 0.308 e. The number of carbonyl (C=O) groups excluding carboxylic acids is 3. The summed E-state index contributed by atoms with van der Waals surface area (Å²) < 4.78 is 5.31. The summed E-state index contributed by atoms with van der Waals surface area (Å²) in [6.07, 6.45) is 0.680. The molecule has 1 aliphatic rings. The van der Waals surface area contributed by atoms with E-state index in [0.29, 0.717) is 19.5 Å². The molecule has 3 rings (SSSR count). The lowest BCUT2D eigenvalue weighted by molar-refractivity contribution is -0.151. The van der Waals surface area contributed by atoms with Gasteiger partial charge in [0.2, 0.25) is 11.8 Å². The number of esters is 1. The summed E-state index contributed by atoms with van der Waals surface area (Å²) in [4.78, 5) is 39.0. The molecule has 2 amide bonds. The average Bonchev–Trinajstić information content (AvgIpc) is 2.72. The van der Waals surface area contributed by atoms with Crippen molar-refractivity contribution in [3.05, 3.63) is 71.3 Å². The van der Waals surface area contributed by atoms with Crippen molar-refractivity contribution in [1.29, 1.82) is 0 Å². The number of hydrogen-bond donors (Lipinski definition) is 1. The fraction of sp³-hybridized carbons (Fsp3) is 0.348. The number of carbonyl (C=O) groups is 3. The molecule has 152 valence electrons. The summed E-state index contributed by atoms with van der Waals surface area (Å²) in [6, 6.07) is 16.6. The first-order valence-electron chi connectivity index (χ1n) is 9.86. The van der Waals surface area contributed by atoms with E-state index in [-0.39, 0.29) is 31.3 Å². The maximum atomic E-state index is 12.9. The fourth-order valence-electron chi connectivity index (χ4n) is 3.43. The summed E-state index contributed by atoms with van der Waals surface area (Å²) in [5, 5.41) is 2.74. The van der Waals surface area contributed by atoms with Crippen LogP contribution in [-0.2, 0) is 32.0 Å². The maximum absolute atomic E-state index is 12.9. The zero-order valence-corrected chi connectivity index (χ0v) is 16.6. The highest BCUT2D eigenvalue weighted by molar-refractivity contribution is 5.92. The minimum absolute atomic E-state index is 0.139. The predicted octanol–water partition coefficient (Wildman–Crippen LogP) is 2.04. The highest BCUT2D eigenvalue weighted by atomic mass is 16.5. The van der Waals surface area contributed by atoms with Crippen LogP contribution in [0.25, 0.3) is 0 Å². The van der Waals surface area contributed by atoms with Gasteiger partial charge < -0.3 is 15.0 Å². The SMILES string of the molecule is Cc1ccccc1CC(=O)N1CCNC(=O)C1CC(=O)OCCc1ccccc1. The first kappa shape index (κ1) is 20.6. The topological polar surface area (TPSA) is 75.7 Å². The molecule has 2 aromatic carbocycles. The third-order valence-corrected chi connectivity index (χ3v) is 5.11. The van der Waals surface area contributed by atoms with Gasteiger partial charge in [0.25, 0.3) is 0 Å². The van der Waals surface area contributed by atoms with E-state index >= 15 is 0 Å². The second kappa shape index (κ2) is 9.87. The number of ether oxygens (including phenoxy) is 1. The Labute approximate surface area is 170 Å². The monoisotopic (exact) mass is 394 g/mol. The highest BCUT2D eigenvalue weighted by Gasteiger charge is 2.35. The molecule has 0 aromatic heterocycles. The summed E-state index contributed by atoms with van der Waals surface area (Å²) in [7, 11) is 0. The fourth-order valence-corrected chi connectivity index (χ4v) is 3.43. The van der Waals surface area contributed by atoms with Crippen molar-refractivity contribution < 1.29 is 19.1 Å². The number of amides is 2. The van der Waals surface area contributed by atoms with Crippen LogP contribution in [0, 0.1) is 6.92 Å². The molecule has 29 heavy (non-hydrogen) atoms. The Morgan fingerprint density at radius 3 is 2.59 bits per heavy atom. The van der Waals surface area contributed by atoms with Crippen LogP contribution in [0.2, 0.25) is 0 Å². The molecular weight excluding hydrogens is 368 g/mol. The lowest BCUT2D eigenvalue weighted by Crippen LogP contribution is -2.58. The molecule has 2 aromatic rings. The summed E-state index contributed by atoms with van der Waals surface area (Å²) in [6.45, 7) is 2.97. The van der Waals surface area contributed by atoms with Gasteiger partial charge in [0.05, 0.1) is 19.4 Å². The zero-order valence-electron chi connectivity index (χ0n) is 16.6. The number of piperazine rings is 1. The molecule has 1 saturated heterocycles. The third kappa shape index (κ3) is 5.67. The molecule has 1 heterocycles. The molecule has 6 heteroatoms. The molecule has 1 atom stereocenters. The third-order valence-electron chi connectivity index (χ3n) is 5.11. The Hall–Kier alpha value is -3.15. The van der Waals surface area contributed by atoms with E-state index in [1.54, 1.807) is 0 Å². The van der Waals surface area contributed by atoms with Gasteiger partial charge in [0.1, 0.15) is 6.04 Å². The second-order valence-electron chi connectivity index (χ2n) is 7.16. The number of rotatable bonds is 7. The first-order chi connectivity index (χ1) is 14.0. The normalized spacial score (nSPS) is 16.2. The van der Waals surface area contributed by atoms with Gasteiger partial charge in [-0.15, -0.1) is 0 Å². The van der Waals surface area contributed by atoms with Crippen LogP contribution in [0.15, 0.2) is 54.6 Å². The summed E-state index contributed by atoms with van der Waals surface area (Å²) in [5.41, 5.74) is 3.03. The number of hydrogen-bond acceptors (Lipinski definition) is 4. The van der Waals surface area contributed by atoms with Crippen LogP contribution >= 0.6 is 0 Å². The van der Waals surface area contributed by atoms with Gasteiger partial charge in [-0.05, 0) is 23.6 Å². The Kier molecular flexibility index (Phi) is 7.00. The molecule has 1 aliphatic heterocycles. The van der Waals surface area contributed by atoms with Gasteiger partial charge in [-0.1, -0.05) is 54.6 Å². The Morgan fingerprint density at radius 2 is 1.83 bits per heavy atom. The molecule has 1 unspecified atom stereocenters. The van der Waals surface area contributed by atoms with E-state index in [2.05, 4.69) is 5.32 Å². The van der Waals surface area contributed by atoms with Gasteiger partial charge >= 0.3 is 5.97 Å². The largest absolute Gasteiger partial charge is 0.465 e. The van der Waals surface area contributed by atoms with Crippen LogP contribution in [0.1, 0.15) is 23.1 Å².